The first-order valence-corrected chi connectivity index (χ1v) is 9.93. The third kappa shape index (κ3) is 3.80. The number of hydrogen-bond donors (Lipinski definition) is 1. The predicted molar refractivity (Wildman–Crippen MR) is 80.1 cm³/mol. The molecule has 0 radical (unpaired) electrons. The van der Waals surface area contributed by atoms with Gasteiger partial charge in [0.2, 0.25) is 0 Å². The lowest BCUT2D eigenvalue weighted by atomic mass is 10.1. The Labute approximate surface area is 121 Å². The van der Waals surface area contributed by atoms with Gasteiger partial charge in [0.05, 0.1) is 9.73 Å². The second kappa shape index (κ2) is 5.46. The van der Waals surface area contributed by atoms with Crippen LogP contribution in [0.2, 0.25) is 0 Å². The van der Waals surface area contributed by atoms with Crippen LogP contribution in [0.5, 0.6) is 0 Å². The molecule has 1 aromatic rings. The molecule has 0 heterocycles. The molecule has 1 aromatic carbocycles. The summed E-state index contributed by atoms with van der Waals surface area (Å²) in [7, 11) is -6.84. The number of nitrogens with one attached hydrogen (secondary N) is 1. The summed E-state index contributed by atoms with van der Waals surface area (Å²) >= 11 is 0. The van der Waals surface area contributed by atoms with Crippen LogP contribution in [0.25, 0.3) is 0 Å². The van der Waals surface area contributed by atoms with Crippen molar-refractivity contribution in [1.29, 1.82) is 0 Å². The maximum Gasteiger partial charge on any atom is 0.327 e. The molecule has 20 heavy (non-hydrogen) atoms. The van der Waals surface area contributed by atoms with Crippen molar-refractivity contribution in [3.05, 3.63) is 30.3 Å². The molecule has 0 aliphatic heterocycles. The van der Waals surface area contributed by atoms with Gasteiger partial charge in [0.1, 0.15) is 0 Å². The van der Waals surface area contributed by atoms with Crippen molar-refractivity contribution < 1.29 is 12.6 Å². The van der Waals surface area contributed by atoms with E-state index in [0.29, 0.717) is 11.4 Å². The highest BCUT2D eigenvalue weighted by Gasteiger charge is 2.41. The van der Waals surface area contributed by atoms with Crippen molar-refractivity contribution in [2.45, 2.75) is 31.1 Å². The fourth-order valence-corrected chi connectivity index (χ4v) is 5.21. The van der Waals surface area contributed by atoms with Gasteiger partial charge in [-0.2, -0.15) is 13.1 Å². The van der Waals surface area contributed by atoms with Crippen molar-refractivity contribution in [2.24, 2.45) is 9.18 Å². The van der Waals surface area contributed by atoms with E-state index < -0.39 is 19.9 Å². The van der Waals surface area contributed by atoms with Crippen LogP contribution in [0.1, 0.15) is 26.2 Å². The molecule has 0 bridgehead atoms. The van der Waals surface area contributed by atoms with Gasteiger partial charge in [-0.05, 0) is 36.8 Å². The lowest BCUT2D eigenvalue weighted by Crippen LogP contribution is -2.29. The van der Waals surface area contributed by atoms with Crippen LogP contribution >= 0.6 is 0 Å². The molecule has 0 aromatic heterocycles. The zero-order chi connectivity index (χ0) is 14.9. The Bertz CT molecular complexity index is 686. The molecule has 7 heteroatoms. The summed E-state index contributed by atoms with van der Waals surface area (Å²) in [6.45, 7) is 2.42. The minimum Gasteiger partial charge on any atom is -0.244 e. The molecular formula is C13H20N2O3S2. The zero-order valence-electron chi connectivity index (χ0n) is 11.7. The zero-order valence-corrected chi connectivity index (χ0v) is 13.3. The first-order chi connectivity index (χ1) is 9.29. The molecule has 1 unspecified atom stereocenters. The Hall–Kier alpha value is -0.920. The van der Waals surface area contributed by atoms with Crippen LogP contribution < -0.4 is 4.72 Å². The quantitative estimate of drug-likeness (QED) is 0.874. The van der Waals surface area contributed by atoms with Crippen molar-refractivity contribution >= 4 is 19.9 Å². The van der Waals surface area contributed by atoms with Crippen molar-refractivity contribution in [1.82, 2.24) is 4.72 Å². The standard InChI is InChI=1S/C13H20N2O3S2/c1-3-13(9-10-13)11-14-20(17,18)15-19(2,16)12-7-5-4-6-8-12/h4-8,14H,3,9-11H2,1-2H3. The second-order valence-corrected chi connectivity index (χ2v) is 9.25. The van der Waals surface area contributed by atoms with Crippen LogP contribution in [0.3, 0.4) is 0 Å². The predicted octanol–water partition coefficient (Wildman–Crippen LogP) is 2.17. The number of benzene rings is 1. The van der Waals surface area contributed by atoms with Crippen LogP contribution in [0, 0.1) is 5.41 Å². The van der Waals surface area contributed by atoms with Gasteiger partial charge in [0.15, 0.2) is 0 Å². The first-order valence-electron chi connectivity index (χ1n) is 6.57. The minimum atomic E-state index is -3.89. The van der Waals surface area contributed by atoms with Crippen molar-refractivity contribution in [3.63, 3.8) is 0 Å². The topological polar surface area (TPSA) is 75.6 Å². The molecular weight excluding hydrogens is 296 g/mol. The smallest absolute Gasteiger partial charge is 0.244 e. The maximum absolute atomic E-state index is 12.4. The average molecular weight is 316 g/mol. The minimum absolute atomic E-state index is 0.0873. The van der Waals surface area contributed by atoms with E-state index in [2.05, 4.69) is 8.49 Å². The van der Waals surface area contributed by atoms with Crippen molar-refractivity contribution in [3.8, 4) is 0 Å². The number of rotatable bonds is 6. The summed E-state index contributed by atoms with van der Waals surface area (Å²) in [6.07, 6.45) is 4.35. The molecule has 0 saturated heterocycles. The van der Waals surface area contributed by atoms with Gasteiger partial charge < -0.3 is 0 Å². The highest BCUT2D eigenvalue weighted by molar-refractivity contribution is 8.02. The third-order valence-corrected chi connectivity index (χ3v) is 7.34. The summed E-state index contributed by atoms with van der Waals surface area (Å²) < 4.78 is 42.4. The molecule has 1 saturated carbocycles. The molecule has 1 atom stereocenters. The number of hydrogen-bond acceptors (Lipinski definition) is 3. The van der Waals surface area contributed by atoms with Crippen LogP contribution in [-0.2, 0) is 19.9 Å². The van der Waals surface area contributed by atoms with Gasteiger partial charge >= 0.3 is 10.2 Å². The number of nitrogens with zero attached hydrogens (tertiary/aromatic N) is 1. The fourth-order valence-electron chi connectivity index (χ4n) is 2.01. The molecule has 1 aliphatic rings. The van der Waals surface area contributed by atoms with E-state index in [-0.39, 0.29) is 5.41 Å². The highest BCUT2D eigenvalue weighted by Crippen LogP contribution is 2.47. The molecule has 5 nitrogen and oxygen atoms in total. The second-order valence-electron chi connectivity index (χ2n) is 5.34. The maximum atomic E-state index is 12.4. The summed E-state index contributed by atoms with van der Waals surface area (Å²) in [4.78, 5) is 0.419. The lowest BCUT2D eigenvalue weighted by molar-refractivity contribution is 0.476. The van der Waals surface area contributed by atoms with Gasteiger partial charge in [-0.1, -0.05) is 28.9 Å². The van der Waals surface area contributed by atoms with Gasteiger partial charge in [-0.15, -0.1) is 0 Å². The summed E-state index contributed by atoms with van der Waals surface area (Å²) in [6, 6.07) is 8.45. The molecule has 2 rings (SSSR count). The summed E-state index contributed by atoms with van der Waals surface area (Å²) in [5.74, 6) is 0. The van der Waals surface area contributed by atoms with E-state index >= 15 is 0 Å². The lowest BCUT2D eigenvalue weighted by Gasteiger charge is -2.12. The van der Waals surface area contributed by atoms with E-state index in [1.807, 2.05) is 6.92 Å². The van der Waals surface area contributed by atoms with E-state index in [4.69, 9.17) is 0 Å². The molecule has 1 N–H and O–H groups in total. The van der Waals surface area contributed by atoms with Crippen LogP contribution in [-0.4, -0.2) is 25.4 Å². The van der Waals surface area contributed by atoms with Crippen LogP contribution in [0.15, 0.2) is 39.0 Å². The molecule has 0 spiro atoms. The van der Waals surface area contributed by atoms with Gasteiger partial charge in [0.25, 0.3) is 0 Å². The summed E-state index contributed by atoms with van der Waals surface area (Å²) in [5.41, 5.74) is 0.0873. The van der Waals surface area contributed by atoms with E-state index in [1.54, 1.807) is 30.3 Å². The Balaban J connectivity index is 2.18. The van der Waals surface area contributed by atoms with Gasteiger partial charge in [0, 0.05) is 17.7 Å². The SMILES string of the molecule is CCC1(CNS(=O)(=O)N=S(C)(=O)c2ccccc2)CC1. The third-order valence-electron chi connectivity index (χ3n) is 3.76. The molecule has 1 aliphatic carbocycles. The van der Waals surface area contributed by atoms with Gasteiger partial charge in [-0.25, -0.2) is 4.21 Å². The Morgan fingerprint density at radius 3 is 2.30 bits per heavy atom. The molecule has 112 valence electrons. The average Bonchev–Trinajstić information content (AvgIpc) is 3.17. The Kier molecular flexibility index (Phi) is 4.22. The monoisotopic (exact) mass is 316 g/mol. The summed E-state index contributed by atoms with van der Waals surface area (Å²) in [5, 5.41) is 0. The van der Waals surface area contributed by atoms with Crippen LogP contribution in [0.4, 0.5) is 0 Å². The molecule has 0 amide bonds. The molecule has 1 fully saturated rings. The first kappa shape index (κ1) is 15.5. The van der Waals surface area contributed by atoms with E-state index in [0.717, 1.165) is 19.3 Å². The van der Waals surface area contributed by atoms with E-state index in [9.17, 15) is 12.6 Å². The van der Waals surface area contributed by atoms with E-state index in [1.165, 1.54) is 6.26 Å². The Morgan fingerprint density at radius 1 is 1.20 bits per heavy atom. The fraction of sp³-hybridized carbons (Fsp3) is 0.538. The largest absolute Gasteiger partial charge is 0.327 e. The Morgan fingerprint density at radius 2 is 1.80 bits per heavy atom. The normalized spacial score (nSPS) is 20.1. The van der Waals surface area contributed by atoms with Crippen molar-refractivity contribution in [2.75, 3.05) is 12.8 Å². The highest BCUT2D eigenvalue weighted by atomic mass is 32.3. The van der Waals surface area contributed by atoms with Gasteiger partial charge in [-0.3, -0.25) is 0 Å².